The lowest BCUT2D eigenvalue weighted by molar-refractivity contribution is -0.138. The summed E-state index contributed by atoms with van der Waals surface area (Å²) >= 11 is 0. The minimum Gasteiger partial charge on any atom is -0.480 e. The number of nitrogens with one attached hydrogen (secondary N) is 1. The van der Waals surface area contributed by atoms with Gasteiger partial charge in [0.25, 0.3) is 5.91 Å². The molecule has 2 N–H and O–H groups in total. The van der Waals surface area contributed by atoms with Gasteiger partial charge in [0.1, 0.15) is 11.9 Å². The van der Waals surface area contributed by atoms with Gasteiger partial charge in [-0.15, -0.1) is 0 Å². The number of sulfonamides is 1. The number of hydrogen-bond donors (Lipinski definition) is 2. The monoisotopic (exact) mass is 358 g/mol. The van der Waals surface area contributed by atoms with E-state index in [1.807, 2.05) is 0 Å². The van der Waals surface area contributed by atoms with Crippen molar-refractivity contribution in [2.24, 2.45) is 0 Å². The van der Waals surface area contributed by atoms with Crippen LogP contribution in [0.1, 0.15) is 36.5 Å². The molecule has 7 nitrogen and oxygen atoms in total. The van der Waals surface area contributed by atoms with Gasteiger partial charge in [-0.05, 0) is 38.0 Å². The Hall–Kier alpha value is -2.00. The van der Waals surface area contributed by atoms with E-state index in [1.165, 1.54) is 11.2 Å². The van der Waals surface area contributed by atoms with Crippen LogP contribution in [0.3, 0.4) is 0 Å². The van der Waals surface area contributed by atoms with E-state index in [0.29, 0.717) is 13.1 Å². The van der Waals surface area contributed by atoms with Crippen molar-refractivity contribution in [2.45, 2.75) is 37.1 Å². The zero-order valence-corrected chi connectivity index (χ0v) is 14.0. The molecule has 0 aliphatic carbocycles. The topological polar surface area (TPSA) is 104 Å². The zero-order chi connectivity index (χ0) is 17.9. The molecule has 1 aromatic rings. The summed E-state index contributed by atoms with van der Waals surface area (Å²) in [4.78, 5) is 22.6. The molecule has 9 heteroatoms. The van der Waals surface area contributed by atoms with Crippen LogP contribution in [0.2, 0.25) is 0 Å². The van der Waals surface area contributed by atoms with Gasteiger partial charge in [-0.1, -0.05) is 6.42 Å². The highest BCUT2D eigenvalue weighted by Gasteiger charge is 2.28. The van der Waals surface area contributed by atoms with Gasteiger partial charge in [0.15, 0.2) is 0 Å². The molecule has 0 radical (unpaired) electrons. The second-order valence-corrected chi connectivity index (χ2v) is 7.58. The van der Waals surface area contributed by atoms with E-state index in [4.69, 9.17) is 5.11 Å². The van der Waals surface area contributed by atoms with Gasteiger partial charge in [-0.2, -0.15) is 4.31 Å². The molecule has 132 valence electrons. The second kappa shape index (κ2) is 7.27. The number of benzene rings is 1. The summed E-state index contributed by atoms with van der Waals surface area (Å²) in [6.07, 6.45) is 2.46. The van der Waals surface area contributed by atoms with Crippen LogP contribution >= 0.6 is 0 Å². The Labute approximate surface area is 139 Å². The molecule has 0 aromatic heterocycles. The van der Waals surface area contributed by atoms with Gasteiger partial charge in [0, 0.05) is 13.1 Å². The highest BCUT2D eigenvalue weighted by Crippen LogP contribution is 2.22. The van der Waals surface area contributed by atoms with Crippen LogP contribution in [-0.2, 0) is 14.8 Å². The average Bonchev–Trinajstić information content (AvgIpc) is 2.55. The molecular weight excluding hydrogens is 339 g/mol. The molecule has 1 aliphatic rings. The van der Waals surface area contributed by atoms with Crippen LogP contribution in [0, 0.1) is 5.82 Å². The maximum Gasteiger partial charge on any atom is 0.325 e. The molecule has 1 aliphatic heterocycles. The number of carbonyl (C=O) groups is 2. The third-order valence-electron chi connectivity index (χ3n) is 3.85. The number of halogens is 1. The van der Waals surface area contributed by atoms with Crippen LogP contribution in [0.15, 0.2) is 23.1 Å². The van der Waals surface area contributed by atoms with Crippen LogP contribution in [0.5, 0.6) is 0 Å². The Morgan fingerprint density at radius 2 is 1.88 bits per heavy atom. The Kier molecular flexibility index (Phi) is 5.55. The minimum atomic E-state index is -3.81. The largest absolute Gasteiger partial charge is 0.480 e. The molecule has 0 saturated carbocycles. The van der Waals surface area contributed by atoms with E-state index in [0.717, 1.165) is 37.5 Å². The highest BCUT2D eigenvalue weighted by molar-refractivity contribution is 7.89. The van der Waals surface area contributed by atoms with Crippen molar-refractivity contribution in [1.29, 1.82) is 0 Å². The van der Waals surface area contributed by atoms with E-state index in [2.05, 4.69) is 5.32 Å². The highest BCUT2D eigenvalue weighted by atomic mass is 32.2. The van der Waals surface area contributed by atoms with Crippen molar-refractivity contribution in [2.75, 3.05) is 13.1 Å². The van der Waals surface area contributed by atoms with Crippen molar-refractivity contribution in [3.8, 4) is 0 Å². The lowest BCUT2D eigenvalue weighted by atomic mass is 10.2. The molecule has 1 fully saturated rings. The molecule has 1 amide bonds. The van der Waals surface area contributed by atoms with E-state index >= 15 is 0 Å². The second-order valence-electron chi connectivity index (χ2n) is 5.64. The van der Waals surface area contributed by atoms with Crippen LogP contribution in [0.25, 0.3) is 0 Å². The average molecular weight is 358 g/mol. The van der Waals surface area contributed by atoms with Crippen molar-refractivity contribution in [1.82, 2.24) is 9.62 Å². The third kappa shape index (κ3) is 3.90. The number of carboxylic acids is 1. The fourth-order valence-corrected chi connectivity index (χ4v) is 3.97. The van der Waals surface area contributed by atoms with Crippen LogP contribution < -0.4 is 5.32 Å². The molecule has 1 saturated heterocycles. The molecule has 1 aromatic carbocycles. The summed E-state index contributed by atoms with van der Waals surface area (Å²) in [5.41, 5.74) is -0.499. The van der Waals surface area contributed by atoms with Crippen molar-refractivity contribution >= 4 is 21.9 Å². The quantitative estimate of drug-likeness (QED) is 0.823. The van der Waals surface area contributed by atoms with E-state index in [1.54, 1.807) is 0 Å². The Balaban J connectivity index is 2.31. The first kappa shape index (κ1) is 18.3. The van der Waals surface area contributed by atoms with Gasteiger partial charge >= 0.3 is 5.97 Å². The molecule has 2 rings (SSSR count). The minimum absolute atomic E-state index is 0.182. The molecule has 24 heavy (non-hydrogen) atoms. The number of hydrogen-bond acceptors (Lipinski definition) is 4. The number of carboxylic acid groups (broad SMARTS) is 1. The smallest absolute Gasteiger partial charge is 0.325 e. The van der Waals surface area contributed by atoms with Gasteiger partial charge in [0.2, 0.25) is 10.0 Å². The molecule has 1 atom stereocenters. The summed E-state index contributed by atoms with van der Waals surface area (Å²) < 4.78 is 40.4. The number of amides is 1. The zero-order valence-electron chi connectivity index (χ0n) is 13.2. The predicted octanol–water partition coefficient (Wildman–Crippen LogP) is 1.20. The Morgan fingerprint density at radius 1 is 1.25 bits per heavy atom. The number of nitrogens with zero attached hydrogens (tertiary/aromatic N) is 1. The molecule has 0 unspecified atom stereocenters. The first-order valence-corrected chi connectivity index (χ1v) is 9.01. The van der Waals surface area contributed by atoms with Crippen molar-refractivity contribution < 1.29 is 27.5 Å². The normalized spacial score (nSPS) is 17.2. The summed E-state index contributed by atoms with van der Waals surface area (Å²) in [7, 11) is -3.81. The van der Waals surface area contributed by atoms with E-state index in [9.17, 15) is 22.4 Å². The maximum atomic E-state index is 13.9. The van der Waals surface area contributed by atoms with Crippen molar-refractivity contribution in [3.05, 3.63) is 29.6 Å². The summed E-state index contributed by atoms with van der Waals surface area (Å²) in [5.74, 6) is -3.17. The summed E-state index contributed by atoms with van der Waals surface area (Å²) in [5, 5.41) is 10.9. The summed E-state index contributed by atoms with van der Waals surface area (Å²) in [6, 6.07) is 1.73. The summed E-state index contributed by atoms with van der Waals surface area (Å²) in [6.45, 7) is 2.00. The molecule has 0 spiro atoms. The molecular formula is C15H19FN2O5S. The standard InChI is InChI=1S/C15H19FN2O5S/c1-10(15(20)21)17-14(19)12-9-11(5-6-13(12)16)24(22,23)18-7-3-2-4-8-18/h5-6,9-10H,2-4,7-8H2,1H3,(H,17,19)(H,20,21)/t10-/m1/s1. The van der Waals surface area contributed by atoms with Gasteiger partial charge in [0.05, 0.1) is 10.5 Å². The number of rotatable bonds is 5. The molecule has 1 heterocycles. The SMILES string of the molecule is C[C@@H](NC(=O)c1cc(S(=O)(=O)N2CCCCC2)ccc1F)C(=O)O. The van der Waals surface area contributed by atoms with Crippen LogP contribution in [-0.4, -0.2) is 48.8 Å². The maximum absolute atomic E-state index is 13.9. The van der Waals surface area contributed by atoms with Crippen molar-refractivity contribution in [3.63, 3.8) is 0 Å². The fraction of sp³-hybridized carbons (Fsp3) is 0.467. The first-order chi connectivity index (χ1) is 11.2. The Morgan fingerprint density at radius 3 is 2.46 bits per heavy atom. The molecule has 0 bridgehead atoms. The number of piperidine rings is 1. The number of aliphatic carboxylic acids is 1. The van der Waals surface area contributed by atoms with Gasteiger partial charge in [-0.3, -0.25) is 9.59 Å². The third-order valence-corrected chi connectivity index (χ3v) is 5.75. The van der Waals surface area contributed by atoms with Gasteiger partial charge < -0.3 is 10.4 Å². The fourth-order valence-electron chi connectivity index (χ4n) is 2.43. The lowest BCUT2D eigenvalue weighted by Crippen LogP contribution is -2.39. The lowest BCUT2D eigenvalue weighted by Gasteiger charge is -2.26. The predicted molar refractivity (Wildman–Crippen MR) is 83.6 cm³/mol. The van der Waals surface area contributed by atoms with E-state index in [-0.39, 0.29) is 4.90 Å². The van der Waals surface area contributed by atoms with E-state index < -0.39 is 39.3 Å². The first-order valence-electron chi connectivity index (χ1n) is 7.57. The number of carbonyl (C=O) groups excluding carboxylic acids is 1. The van der Waals surface area contributed by atoms with Crippen LogP contribution in [0.4, 0.5) is 4.39 Å². The Bertz CT molecular complexity index is 744. The van der Waals surface area contributed by atoms with Gasteiger partial charge in [-0.25, -0.2) is 12.8 Å².